The Morgan fingerprint density at radius 1 is 1.29 bits per heavy atom. The quantitative estimate of drug-likeness (QED) is 0.377. The van der Waals surface area contributed by atoms with Crippen molar-refractivity contribution in [1.29, 1.82) is 0 Å². The van der Waals surface area contributed by atoms with Gasteiger partial charge in [-0.3, -0.25) is 9.48 Å². The number of pyridine rings is 1. The van der Waals surface area contributed by atoms with Gasteiger partial charge in [0.2, 0.25) is 0 Å². The van der Waals surface area contributed by atoms with Crippen LogP contribution in [0.2, 0.25) is 5.15 Å². The number of hydrogen-bond acceptors (Lipinski definition) is 6. The molecule has 1 aliphatic rings. The fourth-order valence-electron chi connectivity index (χ4n) is 3.71. The van der Waals surface area contributed by atoms with Crippen molar-refractivity contribution in [2.45, 2.75) is 25.9 Å². The Balaban J connectivity index is 1.58. The first kappa shape index (κ1) is 21.3. The van der Waals surface area contributed by atoms with Crippen LogP contribution in [0.25, 0.3) is 11.3 Å². The van der Waals surface area contributed by atoms with Crippen LogP contribution in [0.3, 0.4) is 0 Å². The molecule has 3 aromatic rings. The van der Waals surface area contributed by atoms with Gasteiger partial charge < -0.3 is 14.8 Å². The van der Waals surface area contributed by atoms with Gasteiger partial charge in [-0.25, -0.2) is 4.98 Å². The topological polar surface area (TPSA) is 78.3 Å². The minimum absolute atomic E-state index is 0.0179. The molecule has 2 unspecified atom stereocenters. The molecule has 0 saturated heterocycles. The average Bonchev–Trinajstić information content (AvgIpc) is 3.33. The molecule has 0 amide bonds. The maximum atomic E-state index is 12.9. The zero-order valence-electron chi connectivity index (χ0n) is 17.8. The summed E-state index contributed by atoms with van der Waals surface area (Å²) in [4.78, 5) is 17.1. The number of halogens is 1. The lowest BCUT2D eigenvalue weighted by Gasteiger charge is -2.15. The van der Waals surface area contributed by atoms with Gasteiger partial charge in [-0.05, 0) is 43.5 Å². The van der Waals surface area contributed by atoms with Crippen molar-refractivity contribution < 1.29 is 14.3 Å². The van der Waals surface area contributed by atoms with E-state index in [9.17, 15) is 4.79 Å². The fourth-order valence-corrected chi connectivity index (χ4v) is 3.87. The number of nitrogens with one attached hydrogen (secondary N) is 1. The number of hydrogen-bond donors (Lipinski definition) is 1. The largest absolute Gasteiger partial charge is 0.495 e. The normalized spacial score (nSPS) is 17.4. The molecule has 2 atom stereocenters. The number of methoxy groups -OCH3 is 1. The summed E-state index contributed by atoms with van der Waals surface area (Å²) in [6.45, 7) is 2.63. The van der Waals surface area contributed by atoms with Crippen LogP contribution in [0.15, 0.2) is 42.7 Å². The Morgan fingerprint density at radius 2 is 2.13 bits per heavy atom. The van der Waals surface area contributed by atoms with Gasteiger partial charge in [0.25, 0.3) is 0 Å². The lowest BCUT2D eigenvalue weighted by Crippen LogP contribution is -2.08. The number of nitrogens with zero attached hydrogens (tertiary/aromatic N) is 3. The third-order valence-corrected chi connectivity index (χ3v) is 5.65. The molecular formula is C23H25ClN4O3. The highest BCUT2D eigenvalue weighted by atomic mass is 35.5. The van der Waals surface area contributed by atoms with Crippen molar-refractivity contribution in [3.8, 4) is 17.0 Å². The van der Waals surface area contributed by atoms with Crippen LogP contribution in [0.1, 0.15) is 30.1 Å². The van der Waals surface area contributed by atoms with Crippen molar-refractivity contribution >= 4 is 28.8 Å². The predicted octanol–water partition coefficient (Wildman–Crippen LogP) is 4.89. The van der Waals surface area contributed by atoms with E-state index < -0.39 is 0 Å². The highest BCUT2D eigenvalue weighted by Gasteiger charge is 2.39. The summed E-state index contributed by atoms with van der Waals surface area (Å²) in [6.07, 6.45) is 4.82. The van der Waals surface area contributed by atoms with Crippen LogP contribution in [0.5, 0.6) is 5.75 Å². The number of carbonyl (C=O) groups excluding carboxylic acids is 1. The lowest BCUT2D eigenvalue weighted by molar-refractivity contribution is 0.0932. The summed E-state index contributed by atoms with van der Waals surface area (Å²) in [7, 11) is 3.50. The number of anilines is 2. The van der Waals surface area contributed by atoms with Gasteiger partial charge >= 0.3 is 0 Å². The molecule has 4 rings (SSSR count). The second-order valence-corrected chi connectivity index (χ2v) is 7.94. The second kappa shape index (κ2) is 9.08. The number of aryl methyl sites for hydroxylation is 1. The van der Waals surface area contributed by atoms with E-state index in [0.717, 1.165) is 23.4 Å². The number of aromatic nitrogens is 3. The molecule has 0 aliphatic heterocycles. The van der Waals surface area contributed by atoms with Gasteiger partial charge in [-0.1, -0.05) is 17.7 Å². The average molecular weight is 441 g/mol. The van der Waals surface area contributed by atoms with Crippen molar-refractivity contribution in [2.75, 3.05) is 19.0 Å². The Labute approximate surface area is 186 Å². The third kappa shape index (κ3) is 4.73. The lowest BCUT2D eigenvalue weighted by atomic mass is 10.1. The van der Waals surface area contributed by atoms with E-state index in [4.69, 9.17) is 21.1 Å². The molecule has 2 heterocycles. The number of rotatable bonds is 9. The number of benzene rings is 1. The number of carbonyl (C=O) groups is 1. The first-order chi connectivity index (χ1) is 15.0. The minimum atomic E-state index is 0.0179. The molecule has 7 nitrogen and oxygen atoms in total. The Bertz CT molecular complexity index is 1100. The molecule has 0 radical (unpaired) electrons. The highest BCUT2D eigenvalue weighted by Crippen LogP contribution is 2.39. The van der Waals surface area contributed by atoms with Gasteiger partial charge in [0.05, 0.1) is 35.8 Å². The number of ether oxygens (including phenoxy) is 2. The van der Waals surface area contributed by atoms with Crippen LogP contribution < -0.4 is 10.1 Å². The van der Waals surface area contributed by atoms with E-state index in [2.05, 4.69) is 15.4 Å². The van der Waals surface area contributed by atoms with Crippen LogP contribution >= 0.6 is 11.6 Å². The maximum Gasteiger partial charge on any atom is 0.166 e. The minimum Gasteiger partial charge on any atom is -0.495 e. The first-order valence-corrected chi connectivity index (χ1v) is 10.6. The van der Waals surface area contributed by atoms with Crippen LogP contribution in [0, 0.1) is 5.92 Å². The first-order valence-electron chi connectivity index (χ1n) is 10.2. The van der Waals surface area contributed by atoms with E-state index in [0.29, 0.717) is 35.2 Å². The predicted molar refractivity (Wildman–Crippen MR) is 120 cm³/mol. The second-order valence-electron chi connectivity index (χ2n) is 7.55. The summed E-state index contributed by atoms with van der Waals surface area (Å²) in [5, 5.41) is 7.83. The zero-order valence-corrected chi connectivity index (χ0v) is 18.5. The van der Waals surface area contributed by atoms with Gasteiger partial charge in [0.15, 0.2) is 5.78 Å². The van der Waals surface area contributed by atoms with E-state index in [1.54, 1.807) is 24.1 Å². The SMILES string of the molecule is CCOC1CC1CC(=O)c1cnc(Cl)cc1Nc1ccc(-c2ccnn2C)cc1OC. The molecule has 1 N–H and O–H groups in total. The van der Waals surface area contributed by atoms with E-state index >= 15 is 0 Å². The van der Waals surface area contributed by atoms with Crippen molar-refractivity contribution in [2.24, 2.45) is 13.0 Å². The molecule has 0 bridgehead atoms. The summed E-state index contributed by atoms with van der Waals surface area (Å²) in [5.74, 6) is 0.927. The molecule has 0 spiro atoms. The standard InChI is InChI=1S/C23H25ClN4O3/c1-4-31-21-11-15(21)9-20(29)16-13-25-23(24)12-18(16)27-17-6-5-14(10-22(17)30-3)19-7-8-26-28(19)2/h5-8,10,12-13,15,21H,4,9,11H2,1-3H3,(H,25,27). The van der Waals surface area contributed by atoms with E-state index in [-0.39, 0.29) is 17.8 Å². The molecule has 1 aliphatic carbocycles. The number of ketones is 1. The zero-order chi connectivity index (χ0) is 22.0. The molecule has 162 valence electrons. The maximum absolute atomic E-state index is 12.9. The molecule has 1 aromatic carbocycles. The van der Waals surface area contributed by atoms with Crippen molar-refractivity contribution in [1.82, 2.24) is 14.8 Å². The van der Waals surface area contributed by atoms with Crippen LogP contribution in [-0.4, -0.2) is 40.4 Å². The molecule has 2 aromatic heterocycles. The Morgan fingerprint density at radius 3 is 2.84 bits per heavy atom. The van der Waals surface area contributed by atoms with E-state index in [1.807, 2.05) is 38.2 Å². The van der Waals surface area contributed by atoms with E-state index in [1.165, 1.54) is 6.20 Å². The molecule has 31 heavy (non-hydrogen) atoms. The van der Waals surface area contributed by atoms with Crippen LogP contribution in [0.4, 0.5) is 11.4 Å². The molecule has 8 heteroatoms. The highest BCUT2D eigenvalue weighted by molar-refractivity contribution is 6.29. The monoisotopic (exact) mass is 440 g/mol. The van der Waals surface area contributed by atoms with Crippen molar-refractivity contribution in [3.63, 3.8) is 0 Å². The Hall–Kier alpha value is -2.90. The molecule has 1 saturated carbocycles. The third-order valence-electron chi connectivity index (χ3n) is 5.44. The fraction of sp³-hybridized carbons (Fsp3) is 0.348. The summed E-state index contributed by atoms with van der Waals surface area (Å²) in [5.41, 5.74) is 3.78. The van der Waals surface area contributed by atoms with Gasteiger partial charge in [0.1, 0.15) is 10.9 Å². The smallest absolute Gasteiger partial charge is 0.166 e. The van der Waals surface area contributed by atoms with Gasteiger partial charge in [0, 0.05) is 38.0 Å². The number of Topliss-reactive ketones (excluding diaryl/α,β-unsaturated/α-hetero) is 1. The van der Waals surface area contributed by atoms with Crippen LogP contribution in [-0.2, 0) is 11.8 Å². The molecular weight excluding hydrogens is 416 g/mol. The summed E-state index contributed by atoms with van der Waals surface area (Å²) in [6, 6.07) is 9.42. The summed E-state index contributed by atoms with van der Waals surface area (Å²) < 4.78 is 13.0. The summed E-state index contributed by atoms with van der Waals surface area (Å²) >= 11 is 6.13. The van der Waals surface area contributed by atoms with Gasteiger partial charge in [-0.2, -0.15) is 5.10 Å². The van der Waals surface area contributed by atoms with Gasteiger partial charge in [-0.15, -0.1) is 0 Å². The van der Waals surface area contributed by atoms with Crippen molar-refractivity contribution in [3.05, 3.63) is 53.4 Å². The molecule has 1 fully saturated rings. The Kier molecular flexibility index (Phi) is 6.25.